The molecule has 1 heterocycles. The number of aromatic nitrogens is 2. The van der Waals surface area contributed by atoms with E-state index in [0.29, 0.717) is 4.79 Å². The lowest BCUT2D eigenvalue weighted by Crippen LogP contribution is -2.24. The van der Waals surface area contributed by atoms with Gasteiger partial charge in [0.25, 0.3) is 0 Å². The molecule has 0 saturated heterocycles. The summed E-state index contributed by atoms with van der Waals surface area (Å²) in [5.74, 6) is 4.12. The van der Waals surface area contributed by atoms with E-state index >= 15 is 0 Å². The van der Waals surface area contributed by atoms with E-state index in [1.165, 1.54) is 0 Å². The van der Waals surface area contributed by atoms with Crippen LogP contribution in [-0.2, 0) is 0 Å². The largest absolute Gasteiger partial charge is 0.526 e. The number of rotatable bonds is 3. The first-order valence-electron chi connectivity index (χ1n) is 3.10. The van der Waals surface area contributed by atoms with Crippen molar-refractivity contribution in [3.63, 3.8) is 0 Å². The van der Waals surface area contributed by atoms with Crippen LogP contribution in [0, 0.1) is 25.6 Å². The summed E-state index contributed by atoms with van der Waals surface area (Å²) in [5.41, 5.74) is -0.714. The fourth-order valence-electron chi connectivity index (χ4n) is 0.679. The Balaban J connectivity index is 3.18. The van der Waals surface area contributed by atoms with Gasteiger partial charge in [-0.1, -0.05) is 5.10 Å². The van der Waals surface area contributed by atoms with Crippen LogP contribution in [0.15, 0.2) is 4.42 Å². The van der Waals surface area contributed by atoms with Crippen LogP contribution in [0.3, 0.4) is 0 Å². The highest BCUT2D eigenvalue weighted by molar-refractivity contribution is 4.74. The molecule has 3 N–H and O–H groups in total. The molecule has 0 atom stereocenters. The van der Waals surface area contributed by atoms with E-state index in [1.807, 2.05) is 0 Å². The molecule has 0 unspecified atom stereocenters. The molecule has 11 nitrogen and oxygen atoms in total. The van der Waals surface area contributed by atoms with Gasteiger partial charge in [0, 0.05) is 0 Å². The second kappa shape index (κ2) is 3.12. The highest BCUT2D eigenvalue weighted by Crippen LogP contribution is 2.11. The average molecular weight is 204 g/mol. The molecule has 11 heteroatoms. The third kappa shape index (κ3) is 1.50. The van der Waals surface area contributed by atoms with Crippen LogP contribution in [0.5, 0.6) is 0 Å². The molecule has 0 saturated carbocycles. The van der Waals surface area contributed by atoms with Crippen molar-refractivity contribution in [3.8, 4) is 0 Å². The molecule has 0 aliphatic rings. The van der Waals surface area contributed by atoms with Crippen molar-refractivity contribution in [1.29, 1.82) is 5.41 Å². The number of nitro groups is 2. The number of nitrogens with zero attached hydrogens (tertiary/aromatic N) is 4. The van der Waals surface area contributed by atoms with Gasteiger partial charge < -0.3 is 10.3 Å². The Labute approximate surface area is 74.5 Å². The van der Waals surface area contributed by atoms with E-state index in [0.717, 1.165) is 0 Å². The summed E-state index contributed by atoms with van der Waals surface area (Å²) in [7, 11) is 0. The predicted molar refractivity (Wildman–Crippen MR) is 37.2 cm³/mol. The smallest absolute Gasteiger partial charge is 0.394 e. The summed E-state index contributed by atoms with van der Waals surface area (Å²) < 4.78 is 4.31. The molecule has 0 aliphatic heterocycles. The lowest BCUT2D eigenvalue weighted by atomic mass is 10.5. The molecule has 0 radical (unpaired) electrons. The van der Waals surface area contributed by atoms with E-state index in [9.17, 15) is 20.2 Å². The first-order chi connectivity index (χ1) is 6.43. The molecule has 0 aromatic carbocycles. The zero-order chi connectivity index (χ0) is 10.9. The van der Waals surface area contributed by atoms with Crippen molar-refractivity contribution in [1.82, 2.24) is 9.89 Å². The summed E-state index contributed by atoms with van der Waals surface area (Å²) in [6, 6.07) is 0. The topological polar surface area (TPSA) is 167 Å². The second-order valence-corrected chi connectivity index (χ2v) is 2.13. The maximum absolute atomic E-state index is 10.2. The Kier molecular flexibility index (Phi) is 2.14. The predicted octanol–water partition coefficient (Wildman–Crippen LogP) is -1.78. The van der Waals surface area contributed by atoms with E-state index < -0.39 is 27.6 Å². The van der Waals surface area contributed by atoms with Gasteiger partial charge in [0.1, 0.15) is 9.85 Å². The number of nitrogens with one attached hydrogen (secondary N) is 1. The molecule has 1 aromatic rings. The fraction of sp³-hybridized carbons (Fsp3) is 0.333. The molecule has 76 valence electrons. The molecule has 0 fully saturated rings. The van der Waals surface area contributed by atoms with E-state index in [-0.39, 0.29) is 0 Å². The van der Waals surface area contributed by atoms with Gasteiger partial charge in [-0.2, -0.15) is 0 Å². The maximum Gasteiger partial charge on any atom is 0.526 e. The lowest BCUT2D eigenvalue weighted by molar-refractivity contribution is -0.756. The lowest BCUT2D eigenvalue weighted by Gasteiger charge is -1.94. The monoisotopic (exact) mass is 204 g/mol. The highest BCUT2D eigenvalue weighted by Gasteiger charge is 2.41. The van der Waals surface area contributed by atoms with Gasteiger partial charge in [0.15, 0.2) is 0 Å². The summed E-state index contributed by atoms with van der Waals surface area (Å²) >= 11 is 0. The first-order valence-corrected chi connectivity index (χ1v) is 3.10. The minimum atomic E-state index is -2.34. The number of hydrogen-bond donors (Lipinski definition) is 2. The number of nitrogen functional groups attached to an aromatic ring is 1. The summed E-state index contributed by atoms with van der Waals surface area (Å²) in [6.45, 7) is 0. The zero-order valence-electron chi connectivity index (χ0n) is 6.48. The van der Waals surface area contributed by atoms with Crippen LogP contribution in [0.4, 0.5) is 0 Å². The molecule has 0 aliphatic carbocycles. The summed E-state index contributed by atoms with van der Waals surface area (Å²) in [6.07, 6.45) is -2.34. The zero-order valence-corrected chi connectivity index (χ0v) is 6.48. The average Bonchev–Trinajstić information content (AvgIpc) is 2.29. The van der Waals surface area contributed by atoms with Crippen LogP contribution >= 0.6 is 0 Å². The standard InChI is InChI=1S/C3H4N6O5/c4-3-7(5)6-1(14-3)2(8(10)11)9(12)13/h2,4H,5H2. The van der Waals surface area contributed by atoms with Gasteiger partial charge in [0.2, 0.25) is 0 Å². The van der Waals surface area contributed by atoms with Crippen LogP contribution in [0.1, 0.15) is 12.1 Å². The molecule has 1 rings (SSSR count). The van der Waals surface area contributed by atoms with Crippen LogP contribution in [-0.4, -0.2) is 19.7 Å². The van der Waals surface area contributed by atoms with Gasteiger partial charge in [-0.3, -0.25) is 20.2 Å². The molecular weight excluding hydrogens is 200 g/mol. The van der Waals surface area contributed by atoms with Gasteiger partial charge in [0.05, 0.1) is 0 Å². The molecule has 0 spiro atoms. The Morgan fingerprint density at radius 2 is 2.00 bits per heavy atom. The van der Waals surface area contributed by atoms with E-state index in [2.05, 4.69) is 9.52 Å². The number of hydrogen-bond acceptors (Lipinski definition) is 8. The maximum atomic E-state index is 10.2. The molecule has 14 heavy (non-hydrogen) atoms. The van der Waals surface area contributed by atoms with E-state index in [1.54, 1.807) is 0 Å². The van der Waals surface area contributed by atoms with Crippen molar-refractivity contribution in [3.05, 3.63) is 31.8 Å². The summed E-state index contributed by atoms with van der Waals surface area (Å²) in [4.78, 5) is 18.4. The highest BCUT2D eigenvalue weighted by atomic mass is 16.7. The van der Waals surface area contributed by atoms with Crippen molar-refractivity contribution >= 4 is 0 Å². The summed E-state index contributed by atoms with van der Waals surface area (Å²) in [5, 5.41) is 30.4. The third-order valence-electron chi connectivity index (χ3n) is 1.24. The Morgan fingerprint density at radius 1 is 1.50 bits per heavy atom. The van der Waals surface area contributed by atoms with Crippen LogP contribution in [0.2, 0.25) is 0 Å². The van der Waals surface area contributed by atoms with Crippen LogP contribution < -0.4 is 11.5 Å². The Hall–Kier alpha value is -2.46. The molecular formula is C3H4N6O5. The first kappa shape index (κ1) is 9.63. The van der Waals surface area contributed by atoms with Crippen molar-refractivity contribution in [2.24, 2.45) is 0 Å². The minimum Gasteiger partial charge on any atom is -0.394 e. The fourth-order valence-corrected chi connectivity index (χ4v) is 0.679. The Bertz CT molecular complexity index is 417. The van der Waals surface area contributed by atoms with Crippen molar-refractivity contribution < 1.29 is 14.3 Å². The van der Waals surface area contributed by atoms with E-state index in [4.69, 9.17) is 11.3 Å². The van der Waals surface area contributed by atoms with Crippen molar-refractivity contribution in [2.45, 2.75) is 6.17 Å². The number of nitrogens with two attached hydrogens (primary N) is 1. The molecule has 0 amide bonds. The van der Waals surface area contributed by atoms with Gasteiger partial charge in [-0.25, -0.2) is 5.41 Å². The minimum absolute atomic E-state index is 0.356. The van der Waals surface area contributed by atoms with Crippen molar-refractivity contribution in [2.75, 3.05) is 5.84 Å². The second-order valence-electron chi connectivity index (χ2n) is 2.13. The molecule has 0 bridgehead atoms. The SMILES string of the molecule is N=c1oc(C([N+](=O)[O-])[N+](=O)[O-])nn1N. The quantitative estimate of drug-likeness (QED) is 0.254. The van der Waals surface area contributed by atoms with Gasteiger partial charge >= 0.3 is 17.7 Å². The van der Waals surface area contributed by atoms with Crippen LogP contribution in [0.25, 0.3) is 0 Å². The third-order valence-corrected chi connectivity index (χ3v) is 1.24. The Morgan fingerprint density at radius 3 is 2.29 bits per heavy atom. The normalized spacial score (nSPS) is 10.4. The van der Waals surface area contributed by atoms with Gasteiger partial charge in [-0.05, 0) is 0 Å². The van der Waals surface area contributed by atoms with Gasteiger partial charge in [-0.15, -0.1) is 4.79 Å². The molecule has 1 aromatic heterocycles.